The van der Waals surface area contributed by atoms with Crippen molar-refractivity contribution in [3.8, 4) is 0 Å². The first-order chi connectivity index (χ1) is 13.6. The summed E-state index contributed by atoms with van der Waals surface area (Å²) in [5.74, 6) is -0.847. The third kappa shape index (κ3) is 4.50. The van der Waals surface area contributed by atoms with Crippen molar-refractivity contribution >= 4 is 11.6 Å². The topological polar surface area (TPSA) is 52.9 Å². The number of nitrogens with zero attached hydrogens (tertiary/aromatic N) is 2. The Balaban J connectivity index is 1.82. The van der Waals surface area contributed by atoms with Gasteiger partial charge in [0.25, 0.3) is 5.72 Å². The van der Waals surface area contributed by atoms with Crippen LogP contribution in [0.2, 0.25) is 0 Å². The molecule has 3 rings (SSSR count). The predicted molar refractivity (Wildman–Crippen MR) is 104 cm³/mol. The van der Waals surface area contributed by atoms with Crippen LogP contribution in [0, 0.1) is 13.8 Å². The van der Waals surface area contributed by atoms with Gasteiger partial charge in [-0.15, -0.1) is 0 Å². The Hall–Kier alpha value is -2.67. The summed E-state index contributed by atoms with van der Waals surface area (Å²) in [5, 5.41) is 14.6. The molecular weight excluding hydrogens is 381 g/mol. The lowest BCUT2D eigenvalue weighted by molar-refractivity contribution is -0.302. The van der Waals surface area contributed by atoms with Crippen LogP contribution in [-0.2, 0) is 11.2 Å². The fraction of sp³-hybridized carbons (Fsp3) is 0.364. The SMILES string of the molecule is Cc1cc(C)cc(C2=NN(C(=O)CCCc3ccccc3)C(O)(C(F)(F)F)C2)c1. The third-order valence-electron chi connectivity index (χ3n) is 4.93. The second-order valence-corrected chi connectivity index (χ2v) is 7.46. The molecule has 1 amide bonds. The molecular formula is C22H23F3N2O2. The van der Waals surface area contributed by atoms with Gasteiger partial charge in [0, 0.05) is 6.42 Å². The molecule has 0 bridgehead atoms. The molecule has 2 aromatic carbocycles. The molecule has 1 aliphatic heterocycles. The zero-order valence-corrected chi connectivity index (χ0v) is 16.3. The number of carbonyl (C=O) groups is 1. The van der Waals surface area contributed by atoms with E-state index in [9.17, 15) is 23.1 Å². The van der Waals surface area contributed by atoms with E-state index in [0.717, 1.165) is 16.7 Å². The zero-order valence-electron chi connectivity index (χ0n) is 16.3. The Morgan fingerprint density at radius 2 is 1.76 bits per heavy atom. The second-order valence-electron chi connectivity index (χ2n) is 7.46. The van der Waals surface area contributed by atoms with Crippen LogP contribution in [0.5, 0.6) is 0 Å². The monoisotopic (exact) mass is 404 g/mol. The van der Waals surface area contributed by atoms with Crippen LogP contribution in [-0.4, -0.2) is 33.6 Å². The van der Waals surface area contributed by atoms with E-state index in [-0.39, 0.29) is 17.1 Å². The summed E-state index contributed by atoms with van der Waals surface area (Å²) < 4.78 is 41.0. The number of hydrogen-bond acceptors (Lipinski definition) is 3. The summed E-state index contributed by atoms with van der Waals surface area (Å²) in [7, 11) is 0. The number of hydrogen-bond donors (Lipinski definition) is 1. The van der Waals surface area contributed by atoms with Gasteiger partial charge in [0.2, 0.25) is 5.91 Å². The molecule has 0 spiro atoms. The van der Waals surface area contributed by atoms with Crippen molar-refractivity contribution < 1.29 is 23.1 Å². The fourth-order valence-electron chi connectivity index (χ4n) is 3.52. The van der Waals surface area contributed by atoms with Crippen molar-refractivity contribution in [2.75, 3.05) is 0 Å². The van der Waals surface area contributed by atoms with Crippen LogP contribution < -0.4 is 0 Å². The standard InChI is InChI=1S/C22H23F3N2O2/c1-15-11-16(2)13-18(12-15)19-14-21(29,22(23,24)25)27(26-19)20(28)10-6-9-17-7-4-3-5-8-17/h3-5,7-8,11-13,29H,6,9-10,14H2,1-2H3. The van der Waals surface area contributed by atoms with E-state index >= 15 is 0 Å². The Kier molecular flexibility index (Phi) is 5.80. The summed E-state index contributed by atoms with van der Waals surface area (Å²) in [4.78, 5) is 12.6. The molecule has 1 unspecified atom stereocenters. The first-order valence-electron chi connectivity index (χ1n) is 9.42. The molecule has 0 saturated heterocycles. The van der Waals surface area contributed by atoms with Gasteiger partial charge in [-0.3, -0.25) is 4.79 Å². The van der Waals surface area contributed by atoms with Crippen LogP contribution in [0.15, 0.2) is 53.6 Å². The van der Waals surface area contributed by atoms with Gasteiger partial charge in [-0.25, -0.2) is 0 Å². The first-order valence-corrected chi connectivity index (χ1v) is 9.42. The highest BCUT2D eigenvalue weighted by Crippen LogP contribution is 2.41. The normalized spacial score (nSPS) is 19.4. The van der Waals surface area contributed by atoms with Crippen molar-refractivity contribution in [1.29, 1.82) is 0 Å². The Morgan fingerprint density at radius 1 is 1.14 bits per heavy atom. The van der Waals surface area contributed by atoms with E-state index in [2.05, 4.69) is 5.10 Å². The van der Waals surface area contributed by atoms with E-state index in [4.69, 9.17) is 0 Å². The van der Waals surface area contributed by atoms with Crippen molar-refractivity contribution in [2.45, 2.75) is 51.4 Å². The highest BCUT2D eigenvalue weighted by atomic mass is 19.4. The molecule has 1 aliphatic rings. The molecule has 4 nitrogen and oxygen atoms in total. The highest BCUT2D eigenvalue weighted by molar-refractivity contribution is 6.03. The van der Waals surface area contributed by atoms with Crippen molar-refractivity contribution in [3.05, 3.63) is 70.8 Å². The summed E-state index contributed by atoms with van der Waals surface area (Å²) in [5.41, 5.74) is -0.0779. The van der Waals surface area contributed by atoms with Gasteiger partial charge in [0.15, 0.2) is 0 Å². The number of carbonyl (C=O) groups excluding carboxylic acids is 1. The van der Waals surface area contributed by atoms with Gasteiger partial charge in [-0.05, 0) is 37.8 Å². The Morgan fingerprint density at radius 3 is 2.34 bits per heavy atom. The molecule has 1 N–H and O–H groups in total. The number of benzene rings is 2. The molecule has 154 valence electrons. The van der Waals surface area contributed by atoms with Gasteiger partial charge >= 0.3 is 6.18 Å². The van der Waals surface area contributed by atoms with Crippen molar-refractivity contribution in [3.63, 3.8) is 0 Å². The van der Waals surface area contributed by atoms with Gasteiger partial charge < -0.3 is 5.11 Å². The van der Waals surface area contributed by atoms with Crippen LogP contribution >= 0.6 is 0 Å². The van der Waals surface area contributed by atoms with Crippen molar-refractivity contribution in [1.82, 2.24) is 5.01 Å². The van der Waals surface area contributed by atoms with Gasteiger partial charge in [-0.2, -0.15) is 23.3 Å². The molecule has 0 aromatic heterocycles. The first kappa shape index (κ1) is 21.0. The minimum absolute atomic E-state index is 0.0491. The summed E-state index contributed by atoms with van der Waals surface area (Å²) in [6.07, 6.45) is -5.03. The molecule has 0 aliphatic carbocycles. The third-order valence-corrected chi connectivity index (χ3v) is 4.93. The van der Waals surface area contributed by atoms with Crippen LogP contribution in [0.25, 0.3) is 0 Å². The molecule has 1 atom stereocenters. The quantitative estimate of drug-likeness (QED) is 0.797. The minimum Gasteiger partial charge on any atom is -0.362 e. The molecule has 2 aromatic rings. The predicted octanol–water partition coefficient (Wildman–Crippen LogP) is 4.51. The molecule has 0 saturated carbocycles. The lowest BCUT2D eigenvalue weighted by atomic mass is 9.98. The van der Waals surface area contributed by atoms with E-state index in [1.54, 1.807) is 12.1 Å². The van der Waals surface area contributed by atoms with Gasteiger partial charge in [0.1, 0.15) is 0 Å². The van der Waals surface area contributed by atoms with Gasteiger partial charge in [0.05, 0.1) is 12.1 Å². The van der Waals surface area contributed by atoms with Crippen LogP contribution in [0.3, 0.4) is 0 Å². The number of hydrazone groups is 1. The maximum Gasteiger partial charge on any atom is 0.438 e. The highest BCUT2D eigenvalue weighted by Gasteiger charge is 2.63. The van der Waals surface area contributed by atoms with Gasteiger partial charge in [-0.1, -0.05) is 59.7 Å². The number of alkyl halides is 3. The largest absolute Gasteiger partial charge is 0.438 e. The molecule has 0 fully saturated rings. The molecule has 1 heterocycles. The number of rotatable bonds is 5. The number of amides is 1. The number of aryl methyl sites for hydroxylation is 3. The van der Waals surface area contributed by atoms with E-state index < -0.39 is 24.2 Å². The van der Waals surface area contributed by atoms with Crippen molar-refractivity contribution in [2.24, 2.45) is 5.10 Å². The van der Waals surface area contributed by atoms with Crippen LogP contribution in [0.4, 0.5) is 13.2 Å². The number of halogens is 3. The Bertz CT molecular complexity index is 905. The van der Waals surface area contributed by atoms with E-state index in [1.165, 1.54) is 0 Å². The molecule has 7 heteroatoms. The van der Waals surface area contributed by atoms with E-state index in [1.807, 2.05) is 50.2 Å². The zero-order chi connectivity index (χ0) is 21.2. The maximum absolute atomic E-state index is 13.7. The molecule has 29 heavy (non-hydrogen) atoms. The lowest BCUT2D eigenvalue weighted by Gasteiger charge is -2.32. The Labute approximate surface area is 167 Å². The molecule has 0 radical (unpaired) electrons. The van der Waals surface area contributed by atoms with E-state index in [0.29, 0.717) is 18.4 Å². The lowest BCUT2D eigenvalue weighted by Crippen LogP contribution is -2.56. The smallest absolute Gasteiger partial charge is 0.362 e. The minimum atomic E-state index is -5.02. The summed E-state index contributed by atoms with van der Waals surface area (Å²) in [6, 6.07) is 14.7. The summed E-state index contributed by atoms with van der Waals surface area (Å²) >= 11 is 0. The van der Waals surface area contributed by atoms with Crippen LogP contribution in [0.1, 0.15) is 41.5 Å². The average molecular weight is 404 g/mol. The number of aliphatic hydroxyl groups is 1. The maximum atomic E-state index is 13.7. The second kappa shape index (κ2) is 7.99. The average Bonchev–Trinajstić information content (AvgIpc) is 3.01. The summed E-state index contributed by atoms with van der Waals surface area (Å²) in [6.45, 7) is 3.66. The fourth-order valence-corrected chi connectivity index (χ4v) is 3.52.